The van der Waals surface area contributed by atoms with Crippen molar-refractivity contribution in [3.05, 3.63) is 24.3 Å². The van der Waals surface area contributed by atoms with Gasteiger partial charge in [-0.1, -0.05) is 256 Å². The summed E-state index contributed by atoms with van der Waals surface area (Å²) in [6.07, 6.45) is 67.4. The fourth-order valence-corrected chi connectivity index (χ4v) is 9.16. The summed E-state index contributed by atoms with van der Waals surface area (Å²) in [5.41, 5.74) is 0. The molecule has 0 fully saturated rings. The number of nitrogens with one attached hydrogen (secondary N) is 1. The third-order valence-electron chi connectivity index (χ3n) is 13.7. The third-order valence-corrected chi connectivity index (χ3v) is 13.7. The lowest BCUT2D eigenvalue weighted by Gasteiger charge is -2.22. The van der Waals surface area contributed by atoms with E-state index in [9.17, 15) is 19.8 Å². The predicted octanol–water partition coefficient (Wildman–Crippen LogP) is 18.2. The van der Waals surface area contributed by atoms with Gasteiger partial charge < -0.3 is 20.3 Å². The zero-order valence-electron chi connectivity index (χ0n) is 44.4. The van der Waals surface area contributed by atoms with Crippen LogP contribution >= 0.6 is 0 Å². The second kappa shape index (κ2) is 55.9. The first-order chi connectivity index (χ1) is 32.5. The largest absolute Gasteiger partial charge is 0.466 e. The fourth-order valence-electron chi connectivity index (χ4n) is 9.16. The molecule has 0 aromatic carbocycles. The van der Waals surface area contributed by atoms with E-state index in [0.29, 0.717) is 25.9 Å². The molecule has 0 spiro atoms. The number of hydrogen-bond donors (Lipinski definition) is 3. The molecule has 6 heteroatoms. The van der Waals surface area contributed by atoms with Crippen molar-refractivity contribution in [1.29, 1.82) is 0 Å². The zero-order valence-corrected chi connectivity index (χ0v) is 44.4. The Morgan fingerprint density at radius 3 is 1.09 bits per heavy atom. The average molecular weight is 931 g/mol. The molecular formula is C60H115NO5. The number of aliphatic hydroxyl groups is 2. The lowest BCUT2D eigenvalue weighted by Crippen LogP contribution is -2.45. The van der Waals surface area contributed by atoms with Crippen LogP contribution in [0.3, 0.4) is 0 Å². The monoisotopic (exact) mass is 930 g/mol. The first-order valence-electron chi connectivity index (χ1n) is 29.6. The molecule has 0 rings (SSSR count). The van der Waals surface area contributed by atoms with E-state index < -0.39 is 12.1 Å². The lowest BCUT2D eigenvalue weighted by molar-refractivity contribution is -0.143. The standard InChI is InChI=1S/C60H115NO5/c1-3-5-7-9-11-13-15-17-19-21-22-23-24-25-28-32-36-40-44-48-52-58(63)57(56-62)61-59(64)53-49-45-41-37-33-29-27-31-35-39-43-47-51-55-66-60(65)54-50-46-42-38-34-30-26-20-18-16-14-12-10-8-6-4-2/h20,26,29,33,57-58,62-63H,3-19,21-25,27-28,30-32,34-56H2,1-2H3,(H,61,64)/b26-20-,33-29-. The SMILES string of the molecule is CCCCCCCCC/C=C\CCCCCCCC(=O)OCCCCCCCC/C=C\CCCCCC(=O)NC(CO)C(O)CCCCCCCCCCCCCCCCCCCCCC. The van der Waals surface area contributed by atoms with E-state index >= 15 is 0 Å². The Kier molecular flexibility index (Phi) is 54.5. The van der Waals surface area contributed by atoms with Crippen LogP contribution in [0, 0.1) is 0 Å². The van der Waals surface area contributed by atoms with Gasteiger partial charge in [-0.3, -0.25) is 9.59 Å². The quantitative estimate of drug-likeness (QED) is 0.0321. The van der Waals surface area contributed by atoms with Crippen LogP contribution in [0.15, 0.2) is 24.3 Å². The van der Waals surface area contributed by atoms with E-state index in [1.54, 1.807) is 0 Å². The highest BCUT2D eigenvalue weighted by Crippen LogP contribution is 2.17. The molecule has 2 unspecified atom stereocenters. The zero-order chi connectivity index (χ0) is 47.9. The Hall–Kier alpha value is -1.66. The van der Waals surface area contributed by atoms with Crippen molar-refractivity contribution in [2.45, 2.75) is 334 Å². The molecule has 390 valence electrons. The van der Waals surface area contributed by atoms with E-state index in [4.69, 9.17) is 4.74 Å². The van der Waals surface area contributed by atoms with Crippen LogP contribution in [0.4, 0.5) is 0 Å². The van der Waals surface area contributed by atoms with Gasteiger partial charge >= 0.3 is 5.97 Å². The minimum atomic E-state index is -0.682. The van der Waals surface area contributed by atoms with Gasteiger partial charge in [0.25, 0.3) is 0 Å². The van der Waals surface area contributed by atoms with Crippen LogP contribution in [-0.4, -0.2) is 47.4 Å². The van der Waals surface area contributed by atoms with Gasteiger partial charge in [-0.05, 0) is 77.0 Å². The molecule has 0 aliphatic rings. The van der Waals surface area contributed by atoms with Crippen molar-refractivity contribution in [3.63, 3.8) is 0 Å². The molecule has 66 heavy (non-hydrogen) atoms. The maximum atomic E-state index is 12.5. The Morgan fingerprint density at radius 1 is 0.409 bits per heavy atom. The predicted molar refractivity (Wildman–Crippen MR) is 287 cm³/mol. The summed E-state index contributed by atoms with van der Waals surface area (Å²) in [5, 5.41) is 23.3. The van der Waals surface area contributed by atoms with Gasteiger partial charge in [0.1, 0.15) is 0 Å². The highest BCUT2D eigenvalue weighted by molar-refractivity contribution is 5.76. The van der Waals surface area contributed by atoms with Crippen LogP contribution in [0.25, 0.3) is 0 Å². The van der Waals surface area contributed by atoms with E-state index in [2.05, 4.69) is 43.5 Å². The number of aliphatic hydroxyl groups excluding tert-OH is 2. The van der Waals surface area contributed by atoms with Gasteiger partial charge in [-0.15, -0.1) is 0 Å². The van der Waals surface area contributed by atoms with E-state index in [0.717, 1.165) is 70.6 Å². The average Bonchev–Trinajstić information content (AvgIpc) is 3.32. The molecule has 0 bridgehead atoms. The van der Waals surface area contributed by atoms with Crippen molar-refractivity contribution in [2.24, 2.45) is 0 Å². The van der Waals surface area contributed by atoms with E-state index in [1.807, 2.05) is 0 Å². The van der Waals surface area contributed by atoms with E-state index in [1.165, 1.54) is 218 Å². The van der Waals surface area contributed by atoms with Crippen molar-refractivity contribution in [3.8, 4) is 0 Å². The summed E-state index contributed by atoms with van der Waals surface area (Å²) in [7, 11) is 0. The summed E-state index contributed by atoms with van der Waals surface area (Å²) in [6, 6.07) is -0.563. The number of unbranched alkanes of at least 4 members (excludes halogenated alkanes) is 40. The third kappa shape index (κ3) is 51.7. The van der Waals surface area contributed by atoms with Gasteiger partial charge in [0.2, 0.25) is 5.91 Å². The van der Waals surface area contributed by atoms with Crippen LogP contribution < -0.4 is 5.32 Å². The fraction of sp³-hybridized carbons (Fsp3) is 0.900. The minimum absolute atomic E-state index is 0.0193. The molecule has 3 N–H and O–H groups in total. The summed E-state index contributed by atoms with van der Waals surface area (Å²) in [5.74, 6) is -0.0819. The lowest BCUT2D eigenvalue weighted by atomic mass is 10.0. The highest BCUT2D eigenvalue weighted by atomic mass is 16.5. The molecule has 6 nitrogen and oxygen atoms in total. The normalized spacial score (nSPS) is 12.7. The van der Waals surface area contributed by atoms with Crippen molar-refractivity contribution < 1.29 is 24.5 Å². The maximum Gasteiger partial charge on any atom is 0.305 e. The number of carbonyl (C=O) groups excluding carboxylic acids is 2. The van der Waals surface area contributed by atoms with Crippen molar-refractivity contribution >= 4 is 11.9 Å². The molecule has 0 saturated carbocycles. The molecule has 0 radical (unpaired) electrons. The smallest absolute Gasteiger partial charge is 0.305 e. The minimum Gasteiger partial charge on any atom is -0.466 e. The summed E-state index contributed by atoms with van der Waals surface area (Å²) >= 11 is 0. The molecule has 0 aromatic rings. The summed E-state index contributed by atoms with van der Waals surface area (Å²) in [6.45, 7) is 4.92. The Morgan fingerprint density at radius 2 is 0.712 bits per heavy atom. The van der Waals surface area contributed by atoms with Crippen LogP contribution in [0.1, 0.15) is 322 Å². The molecule has 0 aromatic heterocycles. The summed E-state index contributed by atoms with van der Waals surface area (Å²) < 4.78 is 5.46. The van der Waals surface area contributed by atoms with Gasteiger partial charge in [0.15, 0.2) is 0 Å². The second-order valence-corrected chi connectivity index (χ2v) is 20.3. The van der Waals surface area contributed by atoms with Crippen molar-refractivity contribution in [1.82, 2.24) is 5.32 Å². The first-order valence-corrected chi connectivity index (χ1v) is 29.6. The molecule has 0 aliphatic carbocycles. The maximum absolute atomic E-state index is 12.5. The highest BCUT2D eigenvalue weighted by Gasteiger charge is 2.20. The number of rotatable bonds is 55. The second-order valence-electron chi connectivity index (χ2n) is 20.3. The molecule has 0 saturated heterocycles. The van der Waals surface area contributed by atoms with Gasteiger partial charge in [0.05, 0.1) is 25.4 Å². The number of amides is 1. The molecule has 0 heterocycles. The van der Waals surface area contributed by atoms with Crippen molar-refractivity contribution in [2.75, 3.05) is 13.2 Å². The summed E-state index contributed by atoms with van der Waals surface area (Å²) in [4.78, 5) is 24.5. The number of carbonyl (C=O) groups is 2. The topological polar surface area (TPSA) is 95.9 Å². The molecular weight excluding hydrogens is 815 g/mol. The van der Waals surface area contributed by atoms with E-state index in [-0.39, 0.29) is 18.5 Å². The Bertz CT molecular complexity index is 1030. The molecule has 0 aliphatic heterocycles. The van der Waals surface area contributed by atoms with Gasteiger partial charge in [-0.25, -0.2) is 0 Å². The molecule has 2 atom stereocenters. The number of allylic oxidation sites excluding steroid dienone is 4. The number of hydrogen-bond acceptors (Lipinski definition) is 5. The van der Waals surface area contributed by atoms with Crippen LogP contribution in [0.2, 0.25) is 0 Å². The Balaban J connectivity index is 3.49. The molecule has 1 amide bonds. The van der Waals surface area contributed by atoms with Crippen LogP contribution in [-0.2, 0) is 14.3 Å². The first kappa shape index (κ1) is 64.3. The van der Waals surface area contributed by atoms with Gasteiger partial charge in [-0.2, -0.15) is 0 Å². The Labute approximate surface area is 411 Å². The number of ether oxygens (including phenoxy) is 1. The van der Waals surface area contributed by atoms with Crippen LogP contribution in [0.5, 0.6) is 0 Å². The van der Waals surface area contributed by atoms with Gasteiger partial charge in [0, 0.05) is 12.8 Å². The number of esters is 1.